The number of aryl methyl sites for hydroxylation is 1. The van der Waals surface area contributed by atoms with Crippen molar-refractivity contribution < 1.29 is 9.53 Å². The number of carbonyl (C=O) groups excluding carboxylic acids is 1. The van der Waals surface area contributed by atoms with Crippen molar-refractivity contribution in [3.8, 4) is 6.07 Å². The highest BCUT2D eigenvalue weighted by Crippen LogP contribution is 2.53. The number of benzene rings is 1. The summed E-state index contributed by atoms with van der Waals surface area (Å²) in [6, 6.07) is 11.3. The van der Waals surface area contributed by atoms with Crippen LogP contribution in [0.1, 0.15) is 61.8 Å². The van der Waals surface area contributed by atoms with Crippen molar-refractivity contribution in [1.29, 1.82) is 5.26 Å². The number of pyridine rings is 1. The van der Waals surface area contributed by atoms with Crippen LogP contribution in [-0.4, -0.2) is 26.6 Å². The van der Waals surface area contributed by atoms with Gasteiger partial charge in [-0.15, -0.1) is 0 Å². The number of nitrogens with zero attached hydrogens (tertiary/aromatic N) is 4. The van der Waals surface area contributed by atoms with Gasteiger partial charge in [0.1, 0.15) is 11.4 Å². The third-order valence-corrected chi connectivity index (χ3v) is 4.91. The van der Waals surface area contributed by atoms with Gasteiger partial charge in [-0.3, -0.25) is 10.3 Å². The molecular weight excluding hydrogens is 378 g/mol. The Kier molecular flexibility index (Phi) is 4.86. The first-order valence-electron chi connectivity index (χ1n) is 9.88. The highest BCUT2D eigenvalue weighted by Gasteiger charge is 2.43. The van der Waals surface area contributed by atoms with Gasteiger partial charge in [-0.2, -0.15) is 5.26 Å². The van der Waals surface area contributed by atoms with Crippen LogP contribution >= 0.6 is 0 Å². The summed E-state index contributed by atoms with van der Waals surface area (Å²) in [6.07, 6.45) is 2.15. The van der Waals surface area contributed by atoms with Crippen molar-refractivity contribution in [2.24, 2.45) is 0 Å². The smallest absolute Gasteiger partial charge is 0.412 e. The Morgan fingerprint density at radius 1 is 1.20 bits per heavy atom. The zero-order chi connectivity index (χ0) is 21.5. The van der Waals surface area contributed by atoms with Gasteiger partial charge >= 0.3 is 6.09 Å². The molecule has 0 bridgehead atoms. The second-order valence-corrected chi connectivity index (χ2v) is 8.57. The molecular formula is C23H23N5O2. The van der Waals surface area contributed by atoms with Crippen LogP contribution in [0.25, 0.3) is 10.9 Å². The van der Waals surface area contributed by atoms with E-state index < -0.39 is 11.7 Å². The fourth-order valence-corrected chi connectivity index (χ4v) is 3.48. The molecule has 1 aliphatic rings. The van der Waals surface area contributed by atoms with E-state index >= 15 is 0 Å². The van der Waals surface area contributed by atoms with Gasteiger partial charge in [-0.25, -0.2) is 14.8 Å². The summed E-state index contributed by atoms with van der Waals surface area (Å²) in [7, 11) is 0. The van der Waals surface area contributed by atoms with Gasteiger partial charge in [-0.05, 0) is 64.4 Å². The van der Waals surface area contributed by atoms with E-state index in [-0.39, 0.29) is 11.8 Å². The summed E-state index contributed by atoms with van der Waals surface area (Å²) < 4.78 is 5.31. The minimum Gasteiger partial charge on any atom is -0.444 e. The molecule has 0 saturated heterocycles. The lowest BCUT2D eigenvalue weighted by atomic mass is 10.1. The van der Waals surface area contributed by atoms with Gasteiger partial charge in [0.2, 0.25) is 0 Å². The lowest BCUT2D eigenvalue weighted by molar-refractivity contribution is 0.0636. The summed E-state index contributed by atoms with van der Waals surface area (Å²) in [5.41, 5.74) is 3.00. The third-order valence-electron chi connectivity index (χ3n) is 4.91. The summed E-state index contributed by atoms with van der Waals surface area (Å²) in [4.78, 5) is 25.8. The van der Waals surface area contributed by atoms with Gasteiger partial charge in [-0.1, -0.05) is 0 Å². The molecule has 1 saturated carbocycles. The van der Waals surface area contributed by atoms with Crippen molar-refractivity contribution >= 4 is 22.7 Å². The van der Waals surface area contributed by atoms with Crippen LogP contribution < -0.4 is 5.32 Å². The van der Waals surface area contributed by atoms with Crippen LogP contribution in [0.4, 0.5) is 10.5 Å². The largest absolute Gasteiger partial charge is 0.444 e. The van der Waals surface area contributed by atoms with Crippen LogP contribution in [0.5, 0.6) is 0 Å². The molecule has 152 valence electrons. The first kappa shape index (κ1) is 19.8. The number of nitrogens with one attached hydrogen (secondary N) is 1. The second-order valence-electron chi connectivity index (χ2n) is 8.57. The number of fused-ring (bicyclic) bond motifs is 1. The number of carbonyl (C=O) groups is 1. The van der Waals surface area contributed by atoms with E-state index in [1.165, 1.54) is 0 Å². The Balaban J connectivity index is 1.62. The molecule has 1 N–H and O–H groups in total. The van der Waals surface area contributed by atoms with Crippen LogP contribution in [0, 0.1) is 18.3 Å². The number of aromatic nitrogens is 3. The molecule has 2 heterocycles. The Morgan fingerprint density at radius 2 is 2.00 bits per heavy atom. The Labute approximate surface area is 175 Å². The first-order chi connectivity index (χ1) is 14.2. The number of ether oxygens (including phenoxy) is 1. The molecule has 30 heavy (non-hydrogen) atoms. The predicted octanol–water partition coefficient (Wildman–Crippen LogP) is 4.82. The summed E-state index contributed by atoms with van der Waals surface area (Å²) >= 11 is 0. The summed E-state index contributed by atoms with van der Waals surface area (Å²) in [5.74, 6) is 1.22. The second kappa shape index (κ2) is 7.38. The lowest BCUT2D eigenvalue weighted by Gasteiger charge is -2.19. The molecule has 0 aliphatic heterocycles. The number of nitriles is 1. The topological polar surface area (TPSA) is 101 Å². The fourth-order valence-electron chi connectivity index (χ4n) is 3.48. The minimum atomic E-state index is -0.584. The standard InChI is InChI=1S/C23H23N5O2/c1-13-7-8-25-21(26-13)18-11-17(18)19-9-14(12-24)16-6-5-15(10-20(16)28-19)27-22(29)30-23(2,3)4/h5-10,17-18H,11H2,1-4H3,(H,27,29)/t17-,18-/m0/s1. The van der Waals surface area contributed by atoms with Gasteiger partial charge < -0.3 is 4.74 Å². The van der Waals surface area contributed by atoms with E-state index in [1.807, 2.05) is 39.8 Å². The van der Waals surface area contributed by atoms with Crippen molar-refractivity contribution in [3.63, 3.8) is 0 Å². The molecule has 2 atom stereocenters. The average molecular weight is 401 g/mol. The number of hydrogen-bond donors (Lipinski definition) is 1. The Hall–Kier alpha value is -3.53. The molecule has 7 heteroatoms. The zero-order valence-corrected chi connectivity index (χ0v) is 17.4. The molecule has 1 aliphatic carbocycles. The average Bonchev–Trinajstić information content (AvgIpc) is 3.46. The monoisotopic (exact) mass is 401 g/mol. The van der Waals surface area contributed by atoms with E-state index in [1.54, 1.807) is 24.4 Å². The van der Waals surface area contributed by atoms with Crippen molar-refractivity contribution in [2.75, 3.05) is 5.32 Å². The van der Waals surface area contributed by atoms with E-state index in [0.29, 0.717) is 16.8 Å². The first-order valence-corrected chi connectivity index (χ1v) is 9.88. The van der Waals surface area contributed by atoms with Gasteiger partial charge in [0.25, 0.3) is 0 Å². The summed E-state index contributed by atoms with van der Waals surface area (Å²) in [6.45, 7) is 7.38. The molecule has 3 aromatic rings. The van der Waals surface area contributed by atoms with E-state index in [2.05, 4.69) is 21.4 Å². The normalized spacial score (nSPS) is 18.0. The van der Waals surface area contributed by atoms with Crippen molar-refractivity contribution in [2.45, 2.75) is 51.6 Å². The molecule has 1 fully saturated rings. The molecule has 0 spiro atoms. The van der Waals surface area contributed by atoms with Gasteiger partial charge in [0, 0.05) is 40.5 Å². The Bertz CT molecular complexity index is 1180. The molecule has 1 amide bonds. The summed E-state index contributed by atoms with van der Waals surface area (Å²) in [5, 5.41) is 13.1. The van der Waals surface area contributed by atoms with Crippen LogP contribution in [0.3, 0.4) is 0 Å². The van der Waals surface area contributed by atoms with E-state index in [9.17, 15) is 10.1 Å². The quantitative estimate of drug-likeness (QED) is 0.675. The molecule has 0 unspecified atom stereocenters. The number of hydrogen-bond acceptors (Lipinski definition) is 6. The third kappa shape index (κ3) is 4.23. The maximum atomic E-state index is 12.1. The van der Waals surface area contributed by atoms with Crippen LogP contribution in [-0.2, 0) is 4.74 Å². The molecule has 2 aromatic heterocycles. The number of anilines is 1. The van der Waals surface area contributed by atoms with Gasteiger partial charge in [0.05, 0.1) is 17.1 Å². The maximum Gasteiger partial charge on any atom is 0.412 e. The minimum absolute atomic E-state index is 0.186. The molecule has 4 rings (SSSR count). The molecule has 7 nitrogen and oxygen atoms in total. The fraction of sp³-hybridized carbons (Fsp3) is 0.348. The SMILES string of the molecule is Cc1ccnc([C@H]2C[C@@H]2c2cc(C#N)c3ccc(NC(=O)OC(C)(C)C)cc3n2)n1. The lowest BCUT2D eigenvalue weighted by Crippen LogP contribution is -2.27. The van der Waals surface area contributed by atoms with Crippen molar-refractivity contribution in [3.05, 3.63) is 59.3 Å². The van der Waals surface area contributed by atoms with E-state index in [4.69, 9.17) is 9.72 Å². The van der Waals surface area contributed by atoms with Crippen molar-refractivity contribution in [1.82, 2.24) is 15.0 Å². The molecule has 0 radical (unpaired) electrons. The van der Waals surface area contributed by atoms with Crippen LogP contribution in [0.15, 0.2) is 36.5 Å². The van der Waals surface area contributed by atoms with Gasteiger partial charge in [0.15, 0.2) is 0 Å². The van der Waals surface area contributed by atoms with Crippen LogP contribution in [0.2, 0.25) is 0 Å². The number of rotatable bonds is 3. The Morgan fingerprint density at radius 3 is 2.70 bits per heavy atom. The number of amides is 1. The predicted molar refractivity (Wildman–Crippen MR) is 113 cm³/mol. The molecule has 1 aromatic carbocycles. The highest BCUT2D eigenvalue weighted by molar-refractivity contribution is 5.92. The highest BCUT2D eigenvalue weighted by atomic mass is 16.6. The van der Waals surface area contributed by atoms with E-state index in [0.717, 1.165) is 29.0 Å². The maximum absolute atomic E-state index is 12.1. The zero-order valence-electron chi connectivity index (χ0n) is 17.4.